The Bertz CT molecular complexity index is 1500. The van der Waals surface area contributed by atoms with Crippen molar-refractivity contribution in [1.29, 1.82) is 10.5 Å². The molecular weight excluding hydrogens is 541 g/mol. The van der Waals surface area contributed by atoms with E-state index >= 15 is 0 Å². The lowest BCUT2D eigenvalue weighted by atomic mass is 9.96. The Labute approximate surface area is 211 Å². The molecule has 0 saturated carbocycles. The minimum Gasteiger partial charge on any atom is -0.368 e. The fraction of sp³-hybridized carbons (Fsp3) is 0.200. The number of halogens is 3. The van der Waals surface area contributed by atoms with Gasteiger partial charge in [0.15, 0.2) is 21.7 Å². The number of nitro groups is 2. The molecule has 2 atom stereocenters. The second-order valence-corrected chi connectivity index (χ2v) is 9.22. The third-order valence-electron chi connectivity index (χ3n) is 4.63. The van der Waals surface area contributed by atoms with Gasteiger partial charge in [0.1, 0.15) is 0 Å². The largest absolute Gasteiger partial charge is 0.416 e. The summed E-state index contributed by atoms with van der Waals surface area (Å²) in [6.45, 7) is 0. The summed E-state index contributed by atoms with van der Waals surface area (Å²) < 4.78 is 59.9. The summed E-state index contributed by atoms with van der Waals surface area (Å²) in [6, 6.07) is 7.42. The van der Waals surface area contributed by atoms with Gasteiger partial charge in [0.05, 0.1) is 43.6 Å². The molecule has 38 heavy (non-hydrogen) atoms. The first-order valence-electron chi connectivity index (χ1n) is 9.58. The van der Waals surface area contributed by atoms with Crippen molar-refractivity contribution in [2.45, 2.75) is 22.9 Å². The van der Waals surface area contributed by atoms with Crippen molar-refractivity contribution < 1.29 is 41.0 Å². The summed E-state index contributed by atoms with van der Waals surface area (Å²) in [5, 5.41) is 39.1. The molecule has 0 heterocycles. The number of hydrogen-bond donors (Lipinski definition) is 2. The lowest BCUT2D eigenvalue weighted by Crippen LogP contribution is -2.21. The van der Waals surface area contributed by atoms with Gasteiger partial charge in [0.2, 0.25) is 11.8 Å². The van der Waals surface area contributed by atoms with Crippen LogP contribution in [0.5, 0.6) is 0 Å². The third-order valence-corrected chi connectivity index (χ3v) is 5.74. The molecule has 0 saturated heterocycles. The highest BCUT2D eigenvalue weighted by molar-refractivity contribution is 7.90. The summed E-state index contributed by atoms with van der Waals surface area (Å²) in [7, 11) is -3.63. The summed E-state index contributed by atoms with van der Waals surface area (Å²) in [5.41, 5.74) is 6.29. The number of benzene rings is 2. The second kappa shape index (κ2) is 11.8. The number of sulfone groups is 1. The number of nitriles is 2. The fourth-order valence-electron chi connectivity index (χ4n) is 2.85. The van der Waals surface area contributed by atoms with Crippen molar-refractivity contribution in [1.82, 2.24) is 0 Å². The van der Waals surface area contributed by atoms with E-state index in [0.29, 0.717) is 12.1 Å². The van der Waals surface area contributed by atoms with E-state index in [9.17, 15) is 51.4 Å². The van der Waals surface area contributed by atoms with Gasteiger partial charge in [0.25, 0.3) is 11.4 Å². The molecule has 0 aliphatic heterocycles. The Hall–Kier alpha value is -5.10. The highest BCUT2D eigenvalue weighted by atomic mass is 32.2. The van der Waals surface area contributed by atoms with Crippen LogP contribution in [0.1, 0.15) is 28.5 Å². The molecule has 2 aromatic rings. The van der Waals surface area contributed by atoms with Gasteiger partial charge in [-0.1, -0.05) is 0 Å². The molecule has 0 fully saturated rings. The normalized spacial score (nSPS) is 12.5. The van der Waals surface area contributed by atoms with E-state index in [1.54, 1.807) is 6.07 Å². The van der Waals surface area contributed by atoms with E-state index in [1.165, 1.54) is 6.07 Å². The first kappa shape index (κ1) is 30.9. The molecule has 2 unspecified atom stereocenters. The van der Waals surface area contributed by atoms with Gasteiger partial charge in [-0.25, -0.2) is 8.42 Å². The first-order valence-corrected chi connectivity index (χ1v) is 11.5. The predicted octanol–water partition coefficient (Wildman–Crippen LogP) is 1.80. The number of alkyl halides is 3. The van der Waals surface area contributed by atoms with Crippen molar-refractivity contribution in [3.63, 3.8) is 0 Å². The zero-order valence-corrected chi connectivity index (χ0v) is 19.7. The van der Waals surface area contributed by atoms with Crippen LogP contribution in [0.25, 0.3) is 0 Å². The van der Waals surface area contributed by atoms with E-state index in [-0.39, 0.29) is 16.5 Å². The van der Waals surface area contributed by atoms with Crippen molar-refractivity contribution >= 4 is 33.0 Å². The van der Waals surface area contributed by atoms with Crippen LogP contribution in [-0.2, 0) is 25.6 Å². The molecule has 2 aromatic carbocycles. The van der Waals surface area contributed by atoms with E-state index in [1.807, 2.05) is 0 Å². The quantitative estimate of drug-likeness (QED) is 0.369. The Morgan fingerprint density at radius 3 is 1.61 bits per heavy atom. The average molecular weight is 556 g/mol. The molecule has 200 valence electrons. The zero-order chi connectivity index (χ0) is 29.6. The van der Waals surface area contributed by atoms with E-state index in [4.69, 9.17) is 22.0 Å². The number of nitro benzene ring substituents is 2. The van der Waals surface area contributed by atoms with E-state index in [2.05, 4.69) is 0 Å². The van der Waals surface area contributed by atoms with Crippen molar-refractivity contribution in [2.24, 2.45) is 11.5 Å². The monoisotopic (exact) mass is 556 g/mol. The summed E-state index contributed by atoms with van der Waals surface area (Å²) in [6.07, 6.45) is -3.88. The smallest absolute Gasteiger partial charge is 0.368 e. The molecular formula is C20H15F3N6O8S. The molecule has 2 amide bonds. The number of carbonyl (C=O) groups excluding carboxylic acids is 2. The lowest BCUT2D eigenvalue weighted by molar-refractivity contribution is -0.385. The number of amides is 2. The number of hydrogen-bond acceptors (Lipinski definition) is 10. The number of nitrogens with zero attached hydrogens (tertiary/aromatic N) is 4. The van der Waals surface area contributed by atoms with E-state index < -0.39 is 72.0 Å². The second-order valence-electron chi connectivity index (χ2n) is 7.21. The van der Waals surface area contributed by atoms with Crippen LogP contribution in [0.3, 0.4) is 0 Å². The minimum atomic E-state index is -4.77. The number of primary amides is 2. The standard InChI is InChI=1S/C10H6F3N3O3.C10H9N3O5S/c11-10(12,13)5-1-2-6(7(4-14)9(15)17)8(3-5)16(18)19;1-19(17,18)6-2-3-7(8(5-11)10(12)14)9(4-6)13(15)16/h1-3,7H,(H2,15,17);2-4,8H,1H3,(H2,12,14). The summed E-state index contributed by atoms with van der Waals surface area (Å²) >= 11 is 0. The third kappa shape index (κ3) is 7.45. The minimum absolute atomic E-state index is 0.229. The van der Waals surface area contributed by atoms with Crippen LogP contribution < -0.4 is 11.5 Å². The maximum absolute atomic E-state index is 12.4. The van der Waals surface area contributed by atoms with Gasteiger partial charge in [-0.15, -0.1) is 0 Å². The van der Waals surface area contributed by atoms with E-state index in [0.717, 1.165) is 24.5 Å². The molecule has 14 nitrogen and oxygen atoms in total. The molecule has 18 heteroatoms. The Kier molecular flexibility index (Phi) is 9.57. The molecule has 0 bridgehead atoms. The number of carbonyl (C=O) groups is 2. The summed E-state index contributed by atoms with van der Waals surface area (Å²) in [5.74, 6) is -5.40. The summed E-state index contributed by atoms with van der Waals surface area (Å²) in [4.78, 5) is 41.4. The SMILES string of the molecule is CS(=O)(=O)c1ccc(C(C#N)C(N)=O)c([N+](=O)[O-])c1.N#CC(C(N)=O)c1ccc(C(F)(F)F)cc1[N+](=O)[O-]. The molecule has 0 aliphatic rings. The van der Waals surface area contributed by atoms with Gasteiger partial charge in [-0.05, 0) is 24.3 Å². The van der Waals surface area contributed by atoms with Gasteiger partial charge in [-0.2, -0.15) is 23.7 Å². The van der Waals surface area contributed by atoms with Gasteiger partial charge >= 0.3 is 6.18 Å². The van der Waals surface area contributed by atoms with Gasteiger partial charge < -0.3 is 11.5 Å². The van der Waals surface area contributed by atoms with Crippen LogP contribution in [0.4, 0.5) is 24.5 Å². The lowest BCUT2D eigenvalue weighted by Gasteiger charge is -2.10. The molecule has 2 rings (SSSR count). The van der Waals surface area contributed by atoms with Gasteiger partial charge in [0, 0.05) is 18.4 Å². The topological polar surface area (TPSA) is 254 Å². The first-order chi connectivity index (χ1) is 17.4. The van der Waals surface area contributed by atoms with Crippen molar-refractivity contribution in [2.75, 3.05) is 6.26 Å². The Morgan fingerprint density at radius 2 is 1.29 bits per heavy atom. The van der Waals surface area contributed by atoms with Crippen LogP contribution in [0, 0.1) is 42.9 Å². The molecule has 0 aliphatic carbocycles. The zero-order valence-electron chi connectivity index (χ0n) is 18.9. The number of rotatable bonds is 7. The molecule has 4 N–H and O–H groups in total. The predicted molar refractivity (Wildman–Crippen MR) is 119 cm³/mol. The van der Waals surface area contributed by atoms with Crippen molar-refractivity contribution in [3.05, 3.63) is 73.3 Å². The fourth-order valence-corrected chi connectivity index (χ4v) is 3.49. The van der Waals surface area contributed by atoms with Crippen LogP contribution >= 0.6 is 0 Å². The highest BCUT2D eigenvalue weighted by Crippen LogP contribution is 2.35. The number of nitrogens with two attached hydrogens (primary N) is 2. The molecule has 0 radical (unpaired) electrons. The van der Waals surface area contributed by atoms with Crippen LogP contribution in [0.15, 0.2) is 41.3 Å². The van der Waals surface area contributed by atoms with Crippen LogP contribution in [-0.4, -0.2) is 36.3 Å². The average Bonchev–Trinajstić information content (AvgIpc) is 2.78. The molecule has 0 aromatic heterocycles. The van der Waals surface area contributed by atoms with Gasteiger partial charge in [-0.3, -0.25) is 29.8 Å². The highest BCUT2D eigenvalue weighted by Gasteiger charge is 2.35. The maximum atomic E-state index is 12.4. The Balaban J connectivity index is 0.000000380. The van der Waals surface area contributed by atoms with Crippen molar-refractivity contribution in [3.8, 4) is 12.1 Å². The Morgan fingerprint density at radius 1 is 0.895 bits per heavy atom. The molecule has 0 spiro atoms. The van der Waals surface area contributed by atoms with Crippen LogP contribution in [0.2, 0.25) is 0 Å². The maximum Gasteiger partial charge on any atom is 0.416 e.